The largest absolute Gasteiger partial charge is 0.396 e. The van der Waals surface area contributed by atoms with Gasteiger partial charge in [-0.25, -0.2) is 0 Å². The third-order valence-corrected chi connectivity index (χ3v) is 5.26. The number of aliphatic hydroxyl groups excluding tert-OH is 1. The molecule has 1 fully saturated rings. The number of oxime groups is 1. The fourth-order valence-electron chi connectivity index (χ4n) is 3.44. The van der Waals surface area contributed by atoms with Crippen LogP contribution < -0.4 is 5.73 Å². The predicted octanol–water partition coefficient (Wildman–Crippen LogP) is 3.43. The Balaban J connectivity index is 1.89. The van der Waals surface area contributed by atoms with Gasteiger partial charge in [0.1, 0.15) is 6.61 Å². The van der Waals surface area contributed by atoms with Gasteiger partial charge < -0.3 is 20.6 Å². The zero-order valence-corrected chi connectivity index (χ0v) is 17.8. The molecule has 1 unspecified atom stereocenters. The molecular weight excluding hydrogens is 378 g/mol. The molecule has 6 heteroatoms. The van der Waals surface area contributed by atoms with Crippen LogP contribution in [-0.4, -0.2) is 53.5 Å². The molecule has 6 nitrogen and oxygen atoms in total. The van der Waals surface area contributed by atoms with E-state index in [0.29, 0.717) is 25.3 Å². The van der Waals surface area contributed by atoms with E-state index in [1.807, 2.05) is 31.2 Å². The van der Waals surface area contributed by atoms with Crippen LogP contribution in [0, 0.1) is 0 Å². The highest BCUT2D eigenvalue weighted by Crippen LogP contribution is 2.20. The van der Waals surface area contributed by atoms with Crippen LogP contribution in [0.4, 0.5) is 0 Å². The van der Waals surface area contributed by atoms with Crippen LogP contribution in [0.15, 0.2) is 66.4 Å². The van der Waals surface area contributed by atoms with Gasteiger partial charge in [-0.15, -0.1) is 0 Å². The lowest BCUT2D eigenvalue weighted by Gasteiger charge is -2.39. The normalized spacial score (nSPS) is 20.0. The first kappa shape index (κ1) is 23.6. The second-order valence-electron chi connectivity index (χ2n) is 7.72. The van der Waals surface area contributed by atoms with Crippen molar-refractivity contribution in [1.82, 2.24) is 4.90 Å². The van der Waals surface area contributed by atoms with E-state index >= 15 is 0 Å². The van der Waals surface area contributed by atoms with Gasteiger partial charge in [-0.05, 0) is 55.9 Å². The van der Waals surface area contributed by atoms with Gasteiger partial charge in [0.2, 0.25) is 0 Å². The van der Waals surface area contributed by atoms with Gasteiger partial charge in [-0.1, -0.05) is 48.7 Å². The number of aliphatic hydroxyl groups is 1. The van der Waals surface area contributed by atoms with E-state index in [-0.39, 0.29) is 12.5 Å². The van der Waals surface area contributed by atoms with Crippen molar-refractivity contribution in [3.8, 4) is 0 Å². The van der Waals surface area contributed by atoms with E-state index in [1.54, 1.807) is 23.1 Å². The monoisotopic (exact) mass is 411 g/mol. The van der Waals surface area contributed by atoms with E-state index in [2.05, 4.69) is 18.3 Å². The van der Waals surface area contributed by atoms with E-state index in [4.69, 9.17) is 10.6 Å². The molecular formula is C24H33N3O3. The third-order valence-electron chi connectivity index (χ3n) is 5.26. The molecule has 0 radical (unpaired) electrons. The van der Waals surface area contributed by atoms with Crippen molar-refractivity contribution in [2.24, 2.45) is 10.9 Å². The van der Waals surface area contributed by atoms with Crippen LogP contribution in [0.1, 0.15) is 48.5 Å². The van der Waals surface area contributed by atoms with Crippen molar-refractivity contribution in [2.45, 2.75) is 38.1 Å². The van der Waals surface area contributed by atoms with Crippen molar-refractivity contribution in [2.75, 3.05) is 26.3 Å². The van der Waals surface area contributed by atoms with Gasteiger partial charge >= 0.3 is 0 Å². The van der Waals surface area contributed by atoms with Crippen molar-refractivity contribution < 1.29 is 14.7 Å². The summed E-state index contributed by atoms with van der Waals surface area (Å²) in [7, 11) is 0. The number of hydrogen-bond donors (Lipinski definition) is 2. The molecule has 0 aromatic heterocycles. The molecule has 1 atom stereocenters. The Morgan fingerprint density at radius 1 is 1.33 bits per heavy atom. The zero-order valence-electron chi connectivity index (χ0n) is 17.8. The van der Waals surface area contributed by atoms with Crippen molar-refractivity contribution in [1.29, 1.82) is 0 Å². The van der Waals surface area contributed by atoms with Crippen LogP contribution in [0.5, 0.6) is 0 Å². The molecule has 1 aromatic carbocycles. The Labute approximate surface area is 179 Å². The fourth-order valence-corrected chi connectivity index (χ4v) is 3.44. The van der Waals surface area contributed by atoms with E-state index in [0.717, 1.165) is 42.5 Å². The summed E-state index contributed by atoms with van der Waals surface area (Å²) >= 11 is 0. The Hall–Kier alpha value is -2.70. The summed E-state index contributed by atoms with van der Waals surface area (Å²) < 4.78 is 0. The van der Waals surface area contributed by atoms with Gasteiger partial charge in [0.25, 0.3) is 5.91 Å². The summed E-state index contributed by atoms with van der Waals surface area (Å²) in [6, 6.07) is 7.31. The SMILES string of the molecule is C=C/C=C(\C=C)CCCO/N=C(\C)c1ccc(C(=O)N2CCCC(N)(CO)C2)cc1. The summed E-state index contributed by atoms with van der Waals surface area (Å²) in [6.45, 7) is 10.8. The van der Waals surface area contributed by atoms with E-state index in [1.165, 1.54) is 0 Å². The van der Waals surface area contributed by atoms with Crippen LogP contribution in [-0.2, 0) is 4.84 Å². The lowest BCUT2D eigenvalue weighted by molar-refractivity contribution is 0.0559. The highest BCUT2D eigenvalue weighted by molar-refractivity contribution is 6.00. The Morgan fingerprint density at radius 3 is 2.67 bits per heavy atom. The van der Waals surface area contributed by atoms with Gasteiger partial charge in [-0.3, -0.25) is 4.79 Å². The zero-order chi connectivity index (χ0) is 22.0. The number of allylic oxidation sites excluding steroid dienone is 4. The predicted molar refractivity (Wildman–Crippen MR) is 121 cm³/mol. The fraction of sp³-hybridized carbons (Fsp3) is 0.417. The van der Waals surface area contributed by atoms with Crippen LogP contribution in [0.25, 0.3) is 0 Å². The number of benzene rings is 1. The number of rotatable bonds is 10. The third kappa shape index (κ3) is 6.68. The van der Waals surface area contributed by atoms with Gasteiger partial charge in [0.05, 0.1) is 17.9 Å². The lowest BCUT2D eigenvalue weighted by atomic mass is 9.90. The molecule has 1 aliphatic heterocycles. The first-order valence-corrected chi connectivity index (χ1v) is 10.3. The maximum Gasteiger partial charge on any atom is 0.253 e. The number of nitrogens with two attached hydrogens (primary N) is 1. The summed E-state index contributed by atoms with van der Waals surface area (Å²) in [5.41, 5.74) is 8.81. The minimum absolute atomic E-state index is 0.0685. The molecule has 30 heavy (non-hydrogen) atoms. The average molecular weight is 412 g/mol. The summed E-state index contributed by atoms with van der Waals surface area (Å²) in [6.07, 6.45) is 8.72. The molecule has 0 spiro atoms. The Bertz CT molecular complexity index is 798. The van der Waals surface area contributed by atoms with E-state index < -0.39 is 5.54 Å². The Morgan fingerprint density at radius 2 is 2.03 bits per heavy atom. The van der Waals surface area contributed by atoms with Crippen molar-refractivity contribution in [3.05, 3.63) is 72.4 Å². The van der Waals surface area contributed by atoms with Crippen molar-refractivity contribution in [3.63, 3.8) is 0 Å². The summed E-state index contributed by atoms with van der Waals surface area (Å²) in [4.78, 5) is 19.9. The number of carbonyl (C=O) groups is 1. The number of nitrogens with zero attached hydrogens (tertiary/aromatic N) is 2. The number of likely N-dealkylation sites (tertiary alicyclic amines) is 1. The molecule has 1 amide bonds. The number of hydrogen-bond acceptors (Lipinski definition) is 5. The van der Waals surface area contributed by atoms with Crippen molar-refractivity contribution >= 4 is 11.6 Å². The molecule has 1 saturated heterocycles. The molecule has 0 aliphatic carbocycles. The number of carbonyl (C=O) groups excluding carboxylic acids is 1. The number of piperidine rings is 1. The Kier molecular flexibility index (Phi) is 9.02. The van der Waals surface area contributed by atoms with E-state index in [9.17, 15) is 9.90 Å². The highest BCUT2D eigenvalue weighted by Gasteiger charge is 2.33. The topological polar surface area (TPSA) is 88.2 Å². The van der Waals surface area contributed by atoms with Crippen LogP contribution in [0.2, 0.25) is 0 Å². The minimum atomic E-state index is -0.706. The molecule has 0 saturated carbocycles. The van der Waals surface area contributed by atoms with Gasteiger partial charge in [-0.2, -0.15) is 0 Å². The minimum Gasteiger partial charge on any atom is -0.396 e. The lowest BCUT2D eigenvalue weighted by Crippen LogP contribution is -2.57. The smallest absolute Gasteiger partial charge is 0.253 e. The molecule has 2 rings (SSSR count). The maximum absolute atomic E-state index is 12.8. The summed E-state index contributed by atoms with van der Waals surface area (Å²) in [5, 5.41) is 13.7. The second kappa shape index (κ2) is 11.5. The first-order chi connectivity index (χ1) is 14.4. The molecule has 0 bridgehead atoms. The molecule has 162 valence electrons. The van der Waals surface area contributed by atoms with Gasteiger partial charge in [0.15, 0.2) is 0 Å². The van der Waals surface area contributed by atoms with Crippen LogP contribution >= 0.6 is 0 Å². The molecule has 1 aromatic rings. The molecule has 3 N–H and O–H groups in total. The standard InChI is InChI=1S/C24H33N3O3/c1-4-8-20(5-2)9-6-16-30-26-19(3)21-10-12-22(13-11-21)23(29)27-15-7-14-24(25,17-27)18-28/h4-5,8,10-13,28H,1-2,6-7,9,14-18,25H2,3H3/b20-8+,26-19+. The highest BCUT2D eigenvalue weighted by atomic mass is 16.6. The molecule has 1 aliphatic rings. The second-order valence-corrected chi connectivity index (χ2v) is 7.72. The average Bonchev–Trinajstić information content (AvgIpc) is 2.77. The van der Waals surface area contributed by atoms with Gasteiger partial charge in [0, 0.05) is 18.7 Å². The number of amides is 1. The molecule has 1 heterocycles. The quantitative estimate of drug-likeness (QED) is 0.267. The summed E-state index contributed by atoms with van der Waals surface area (Å²) in [5.74, 6) is -0.0685. The first-order valence-electron chi connectivity index (χ1n) is 10.3. The maximum atomic E-state index is 12.8. The van der Waals surface area contributed by atoms with Crippen LogP contribution in [0.3, 0.4) is 0 Å².